The van der Waals surface area contributed by atoms with Crippen LogP contribution in [0.5, 0.6) is 17.2 Å². The summed E-state index contributed by atoms with van der Waals surface area (Å²) in [5.41, 5.74) is 0.499. The van der Waals surface area contributed by atoms with E-state index in [0.717, 1.165) is 0 Å². The third-order valence-corrected chi connectivity index (χ3v) is 2.66. The number of aromatic hydroxyl groups is 2. The van der Waals surface area contributed by atoms with Crippen molar-refractivity contribution in [1.82, 2.24) is 0 Å². The largest absolute Gasteiger partial charge is 0.508 e. The molecule has 104 valence electrons. The average molecular weight is 273 g/mol. The number of carbonyl (C=O) groups is 1. The Hall–Kier alpha value is -2.69. The first-order valence-electron chi connectivity index (χ1n) is 6.17. The van der Waals surface area contributed by atoms with E-state index < -0.39 is 5.91 Å². The lowest BCUT2D eigenvalue weighted by Gasteiger charge is -2.11. The number of nitrogens with one attached hydrogen (secondary N) is 1. The van der Waals surface area contributed by atoms with Crippen LogP contribution in [0.4, 0.5) is 5.69 Å². The molecule has 0 aliphatic rings. The maximum Gasteiger partial charge on any atom is 0.259 e. The highest BCUT2D eigenvalue weighted by molar-refractivity contribution is 6.07. The number of benzene rings is 2. The Bertz CT molecular complexity index is 625. The number of phenols is 2. The normalized spacial score (nSPS) is 10.1. The highest BCUT2D eigenvalue weighted by atomic mass is 16.5. The van der Waals surface area contributed by atoms with Gasteiger partial charge >= 0.3 is 0 Å². The molecule has 0 saturated heterocycles. The molecule has 3 N–H and O–H groups in total. The van der Waals surface area contributed by atoms with Crippen LogP contribution in [0.2, 0.25) is 0 Å². The van der Waals surface area contributed by atoms with Crippen LogP contribution in [-0.2, 0) is 0 Å². The molecule has 0 fully saturated rings. The fourth-order valence-electron chi connectivity index (χ4n) is 1.75. The fourth-order valence-corrected chi connectivity index (χ4v) is 1.75. The van der Waals surface area contributed by atoms with E-state index in [4.69, 9.17) is 4.74 Å². The number of carbonyl (C=O) groups excluding carboxylic acids is 1. The molecule has 5 heteroatoms. The van der Waals surface area contributed by atoms with Gasteiger partial charge in [-0.15, -0.1) is 0 Å². The molecule has 2 aromatic rings. The van der Waals surface area contributed by atoms with Gasteiger partial charge in [-0.25, -0.2) is 0 Å². The first kappa shape index (κ1) is 13.7. The topological polar surface area (TPSA) is 78.8 Å². The van der Waals surface area contributed by atoms with Crippen LogP contribution in [-0.4, -0.2) is 22.7 Å². The van der Waals surface area contributed by atoms with Crippen molar-refractivity contribution >= 4 is 11.6 Å². The van der Waals surface area contributed by atoms with Crippen LogP contribution in [0.25, 0.3) is 0 Å². The van der Waals surface area contributed by atoms with Gasteiger partial charge in [0.1, 0.15) is 17.2 Å². The maximum atomic E-state index is 12.1. The van der Waals surface area contributed by atoms with Crippen LogP contribution in [0.15, 0.2) is 42.5 Å². The number of hydrogen-bond acceptors (Lipinski definition) is 4. The first-order valence-corrected chi connectivity index (χ1v) is 6.17. The second-order valence-electron chi connectivity index (χ2n) is 4.08. The van der Waals surface area contributed by atoms with Crippen molar-refractivity contribution in [3.8, 4) is 17.2 Å². The molecule has 0 aromatic heterocycles. The van der Waals surface area contributed by atoms with Crippen LogP contribution in [0, 0.1) is 0 Å². The quantitative estimate of drug-likeness (QED) is 0.748. The summed E-state index contributed by atoms with van der Waals surface area (Å²) in [4.78, 5) is 12.1. The first-order chi connectivity index (χ1) is 9.61. The highest BCUT2D eigenvalue weighted by Crippen LogP contribution is 2.27. The lowest BCUT2D eigenvalue weighted by molar-refractivity contribution is 0.102. The molecule has 0 heterocycles. The summed E-state index contributed by atoms with van der Waals surface area (Å²) >= 11 is 0. The summed E-state index contributed by atoms with van der Waals surface area (Å²) in [6.07, 6.45) is 0. The standard InChI is InChI=1S/C15H15NO4/c1-2-20-14-6-4-3-5-12(14)16-15(19)11-9-10(17)7-8-13(11)18/h3-9,17-18H,2H2,1H3,(H,16,19). The lowest BCUT2D eigenvalue weighted by atomic mass is 10.1. The molecular formula is C15H15NO4. The Morgan fingerprint density at radius 3 is 2.70 bits per heavy atom. The number of para-hydroxylation sites is 2. The zero-order valence-electron chi connectivity index (χ0n) is 11.0. The van der Waals surface area contributed by atoms with Crippen molar-refractivity contribution in [3.05, 3.63) is 48.0 Å². The van der Waals surface area contributed by atoms with Crippen molar-refractivity contribution in [2.24, 2.45) is 0 Å². The van der Waals surface area contributed by atoms with Crippen molar-refractivity contribution in [2.45, 2.75) is 6.92 Å². The van der Waals surface area contributed by atoms with Crippen molar-refractivity contribution < 1.29 is 19.7 Å². The second kappa shape index (κ2) is 5.97. The summed E-state index contributed by atoms with van der Waals surface area (Å²) in [7, 11) is 0. The Morgan fingerprint density at radius 2 is 1.95 bits per heavy atom. The van der Waals surface area contributed by atoms with Gasteiger partial charge in [0, 0.05) is 0 Å². The molecule has 0 unspecified atom stereocenters. The monoisotopic (exact) mass is 273 g/mol. The molecule has 1 amide bonds. The molecule has 2 rings (SSSR count). The Balaban J connectivity index is 2.26. The van der Waals surface area contributed by atoms with Crippen LogP contribution < -0.4 is 10.1 Å². The van der Waals surface area contributed by atoms with Crippen LogP contribution in [0.1, 0.15) is 17.3 Å². The predicted octanol–water partition coefficient (Wildman–Crippen LogP) is 2.75. The molecule has 0 spiro atoms. The van der Waals surface area contributed by atoms with E-state index in [9.17, 15) is 15.0 Å². The number of amides is 1. The van der Waals surface area contributed by atoms with E-state index in [1.807, 2.05) is 6.92 Å². The molecule has 0 aliphatic heterocycles. The van der Waals surface area contributed by atoms with E-state index in [-0.39, 0.29) is 17.1 Å². The average Bonchev–Trinajstić information content (AvgIpc) is 2.44. The molecule has 0 radical (unpaired) electrons. The molecule has 20 heavy (non-hydrogen) atoms. The number of anilines is 1. The smallest absolute Gasteiger partial charge is 0.259 e. The highest BCUT2D eigenvalue weighted by Gasteiger charge is 2.14. The summed E-state index contributed by atoms with van der Waals surface area (Å²) in [5, 5.41) is 21.7. The van der Waals surface area contributed by atoms with Gasteiger partial charge in [-0.3, -0.25) is 4.79 Å². The van der Waals surface area contributed by atoms with Gasteiger partial charge in [-0.1, -0.05) is 12.1 Å². The zero-order chi connectivity index (χ0) is 14.5. The van der Waals surface area contributed by atoms with Gasteiger partial charge in [-0.05, 0) is 37.3 Å². The Labute approximate surface area is 116 Å². The van der Waals surface area contributed by atoms with Crippen LogP contribution in [0.3, 0.4) is 0 Å². The Kier molecular flexibility index (Phi) is 4.10. The molecule has 0 atom stereocenters. The van der Waals surface area contributed by atoms with Gasteiger partial charge in [0.15, 0.2) is 0 Å². The molecule has 0 bridgehead atoms. The van der Waals surface area contributed by atoms with Crippen LogP contribution >= 0.6 is 0 Å². The van der Waals surface area contributed by atoms with Crippen molar-refractivity contribution in [2.75, 3.05) is 11.9 Å². The zero-order valence-corrected chi connectivity index (χ0v) is 11.0. The third kappa shape index (κ3) is 3.00. The SMILES string of the molecule is CCOc1ccccc1NC(=O)c1cc(O)ccc1O. The molecule has 0 saturated carbocycles. The number of hydrogen-bond donors (Lipinski definition) is 3. The minimum atomic E-state index is -0.523. The number of ether oxygens (including phenoxy) is 1. The van der Waals surface area contributed by atoms with E-state index in [2.05, 4.69) is 5.32 Å². The van der Waals surface area contributed by atoms with Crippen molar-refractivity contribution in [1.29, 1.82) is 0 Å². The Morgan fingerprint density at radius 1 is 1.20 bits per heavy atom. The molecule has 2 aromatic carbocycles. The summed E-state index contributed by atoms with van der Waals surface area (Å²) in [6, 6.07) is 10.8. The summed E-state index contributed by atoms with van der Waals surface area (Å²) in [6.45, 7) is 2.32. The van der Waals surface area contributed by atoms with E-state index in [1.54, 1.807) is 24.3 Å². The van der Waals surface area contributed by atoms with E-state index >= 15 is 0 Å². The fraction of sp³-hybridized carbons (Fsp3) is 0.133. The van der Waals surface area contributed by atoms with Gasteiger partial charge in [-0.2, -0.15) is 0 Å². The van der Waals surface area contributed by atoms with Gasteiger partial charge in [0.05, 0.1) is 17.9 Å². The maximum absolute atomic E-state index is 12.1. The van der Waals surface area contributed by atoms with Gasteiger partial charge in [0.2, 0.25) is 0 Å². The summed E-state index contributed by atoms with van der Waals surface area (Å²) < 4.78 is 5.40. The number of phenolic OH excluding ortho intramolecular Hbond substituents is 2. The van der Waals surface area contributed by atoms with E-state index in [1.165, 1.54) is 18.2 Å². The number of rotatable bonds is 4. The molecule has 5 nitrogen and oxygen atoms in total. The van der Waals surface area contributed by atoms with Gasteiger partial charge in [0.25, 0.3) is 5.91 Å². The van der Waals surface area contributed by atoms with E-state index in [0.29, 0.717) is 18.0 Å². The summed E-state index contributed by atoms with van der Waals surface area (Å²) in [5.74, 6) is -0.270. The molecular weight excluding hydrogens is 258 g/mol. The third-order valence-electron chi connectivity index (χ3n) is 2.66. The minimum absolute atomic E-state index is 0.00342. The predicted molar refractivity (Wildman–Crippen MR) is 75.3 cm³/mol. The van der Waals surface area contributed by atoms with Crippen molar-refractivity contribution in [3.63, 3.8) is 0 Å². The molecule has 0 aliphatic carbocycles. The second-order valence-corrected chi connectivity index (χ2v) is 4.08. The minimum Gasteiger partial charge on any atom is -0.508 e. The van der Waals surface area contributed by atoms with Gasteiger partial charge < -0.3 is 20.3 Å². The lowest BCUT2D eigenvalue weighted by Crippen LogP contribution is -2.13.